The molecule has 0 spiro atoms. The maximum atomic E-state index is 10.7. The Kier molecular flexibility index (Phi) is 6.15. The summed E-state index contributed by atoms with van der Waals surface area (Å²) in [4.78, 5) is 12.4. The highest BCUT2D eigenvalue weighted by molar-refractivity contribution is 5.37. The Morgan fingerprint density at radius 1 is 1.41 bits per heavy atom. The molecule has 0 bridgehead atoms. The summed E-state index contributed by atoms with van der Waals surface area (Å²) < 4.78 is 5.47. The van der Waals surface area contributed by atoms with Gasteiger partial charge in [-0.2, -0.15) is 0 Å². The molecule has 1 unspecified atom stereocenters. The molecule has 1 aliphatic carbocycles. The number of benzene rings is 1. The van der Waals surface area contributed by atoms with Crippen LogP contribution in [0.3, 0.4) is 0 Å². The van der Waals surface area contributed by atoms with E-state index in [0.29, 0.717) is 18.3 Å². The van der Waals surface area contributed by atoms with Crippen LogP contribution in [0.1, 0.15) is 32.1 Å². The third kappa shape index (κ3) is 4.96. The summed E-state index contributed by atoms with van der Waals surface area (Å²) in [7, 11) is 2.03. The number of hydrogen-bond acceptors (Lipinski definition) is 5. The molecule has 1 aliphatic rings. The van der Waals surface area contributed by atoms with Gasteiger partial charge < -0.3 is 14.7 Å². The summed E-state index contributed by atoms with van der Waals surface area (Å²) in [6, 6.07) is 6.57. The number of rotatable bonds is 7. The van der Waals surface area contributed by atoms with Gasteiger partial charge in [-0.3, -0.25) is 10.1 Å². The molecule has 6 nitrogen and oxygen atoms in total. The van der Waals surface area contributed by atoms with Crippen LogP contribution in [0.2, 0.25) is 0 Å². The summed E-state index contributed by atoms with van der Waals surface area (Å²) in [5, 5.41) is 20.8. The van der Waals surface area contributed by atoms with E-state index in [1.165, 1.54) is 44.2 Å². The normalized spacial score (nSPS) is 17.4. The van der Waals surface area contributed by atoms with Crippen molar-refractivity contribution in [2.24, 2.45) is 0 Å². The molecule has 6 heteroatoms. The second kappa shape index (κ2) is 8.10. The molecule has 0 aliphatic heterocycles. The minimum Gasteiger partial charge on any atom is -0.491 e. The molecule has 1 N–H and O–H groups in total. The van der Waals surface area contributed by atoms with Crippen LogP contribution in [0, 0.1) is 10.1 Å². The van der Waals surface area contributed by atoms with E-state index in [9.17, 15) is 15.2 Å². The third-order valence-corrected chi connectivity index (χ3v) is 4.17. The van der Waals surface area contributed by atoms with E-state index in [2.05, 4.69) is 4.90 Å². The quantitative estimate of drug-likeness (QED) is 0.619. The van der Waals surface area contributed by atoms with Crippen LogP contribution >= 0.6 is 0 Å². The number of nitrogens with zero attached hydrogens (tertiary/aromatic N) is 2. The molecule has 1 atom stereocenters. The van der Waals surface area contributed by atoms with Crippen LogP contribution in [-0.4, -0.2) is 47.3 Å². The SMILES string of the molecule is CN(CC(O)COc1cccc([N+](=O)[O-])c1)C1CCCCC1. The van der Waals surface area contributed by atoms with Crippen LogP contribution in [0.4, 0.5) is 5.69 Å². The van der Waals surface area contributed by atoms with E-state index >= 15 is 0 Å². The fraction of sp³-hybridized carbons (Fsp3) is 0.625. The highest BCUT2D eigenvalue weighted by atomic mass is 16.6. The molecule has 0 amide bonds. The van der Waals surface area contributed by atoms with Crippen LogP contribution in [0.5, 0.6) is 5.75 Å². The van der Waals surface area contributed by atoms with E-state index in [1.807, 2.05) is 7.05 Å². The maximum absolute atomic E-state index is 10.7. The first-order chi connectivity index (χ1) is 10.6. The Hall–Kier alpha value is -1.66. The minimum atomic E-state index is -0.605. The van der Waals surface area contributed by atoms with E-state index in [4.69, 9.17) is 4.74 Å². The van der Waals surface area contributed by atoms with Gasteiger partial charge in [-0.05, 0) is 26.0 Å². The lowest BCUT2D eigenvalue weighted by molar-refractivity contribution is -0.384. The van der Waals surface area contributed by atoms with Gasteiger partial charge in [0, 0.05) is 18.7 Å². The average Bonchev–Trinajstić information content (AvgIpc) is 2.54. The number of nitro groups is 1. The number of likely N-dealkylation sites (N-methyl/N-ethyl adjacent to an activating group) is 1. The first kappa shape index (κ1) is 16.7. The van der Waals surface area contributed by atoms with Gasteiger partial charge in [0.25, 0.3) is 5.69 Å². The average molecular weight is 308 g/mol. The molecular weight excluding hydrogens is 284 g/mol. The summed E-state index contributed by atoms with van der Waals surface area (Å²) in [6.07, 6.45) is 5.60. The second-order valence-corrected chi connectivity index (χ2v) is 5.95. The Balaban J connectivity index is 1.78. The van der Waals surface area contributed by atoms with Crippen molar-refractivity contribution in [2.75, 3.05) is 20.2 Å². The van der Waals surface area contributed by atoms with Gasteiger partial charge in [0.1, 0.15) is 18.5 Å². The van der Waals surface area contributed by atoms with Gasteiger partial charge in [0.2, 0.25) is 0 Å². The van der Waals surface area contributed by atoms with E-state index in [-0.39, 0.29) is 12.3 Å². The lowest BCUT2D eigenvalue weighted by Gasteiger charge is -2.32. The van der Waals surface area contributed by atoms with E-state index in [1.54, 1.807) is 12.1 Å². The molecule has 1 aromatic rings. The van der Waals surface area contributed by atoms with Crippen LogP contribution in [0.25, 0.3) is 0 Å². The van der Waals surface area contributed by atoms with Gasteiger partial charge >= 0.3 is 0 Å². The largest absolute Gasteiger partial charge is 0.491 e. The fourth-order valence-corrected chi connectivity index (χ4v) is 2.94. The molecule has 0 radical (unpaired) electrons. The number of non-ortho nitro benzene ring substituents is 1. The highest BCUT2D eigenvalue weighted by Crippen LogP contribution is 2.22. The maximum Gasteiger partial charge on any atom is 0.273 e. The van der Waals surface area contributed by atoms with Gasteiger partial charge in [-0.1, -0.05) is 25.3 Å². The molecule has 122 valence electrons. The summed E-state index contributed by atoms with van der Waals surface area (Å²) in [5.74, 6) is 0.411. The van der Waals surface area contributed by atoms with Crippen molar-refractivity contribution in [3.63, 3.8) is 0 Å². The molecule has 1 fully saturated rings. The molecule has 0 heterocycles. The van der Waals surface area contributed by atoms with Crippen LogP contribution in [0.15, 0.2) is 24.3 Å². The van der Waals surface area contributed by atoms with Crippen molar-refractivity contribution in [1.29, 1.82) is 0 Å². The predicted molar refractivity (Wildman–Crippen MR) is 84.1 cm³/mol. The number of aliphatic hydroxyl groups excluding tert-OH is 1. The van der Waals surface area contributed by atoms with E-state index < -0.39 is 11.0 Å². The fourth-order valence-electron chi connectivity index (χ4n) is 2.94. The lowest BCUT2D eigenvalue weighted by Crippen LogP contribution is -2.40. The molecule has 1 saturated carbocycles. The zero-order valence-electron chi connectivity index (χ0n) is 13.0. The Morgan fingerprint density at radius 3 is 2.82 bits per heavy atom. The van der Waals surface area contributed by atoms with Crippen molar-refractivity contribution in [1.82, 2.24) is 4.90 Å². The van der Waals surface area contributed by atoms with Crippen molar-refractivity contribution in [3.05, 3.63) is 34.4 Å². The Bertz CT molecular complexity index is 489. The molecule has 22 heavy (non-hydrogen) atoms. The van der Waals surface area contributed by atoms with Crippen LogP contribution < -0.4 is 4.74 Å². The number of aliphatic hydroxyl groups is 1. The standard InChI is InChI=1S/C16H24N2O4/c1-17(13-6-3-2-4-7-13)11-15(19)12-22-16-9-5-8-14(10-16)18(20)21/h5,8-10,13,15,19H,2-4,6-7,11-12H2,1H3. The summed E-state index contributed by atoms with van der Waals surface area (Å²) in [5.41, 5.74) is -0.00804. The van der Waals surface area contributed by atoms with Gasteiger partial charge in [0.05, 0.1) is 11.0 Å². The zero-order chi connectivity index (χ0) is 15.9. The summed E-state index contributed by atoms with van der Waals surface area (Å²) in [6.45, 7) is 0.692. The number of hydrogen-bond donors (Lipinski definition) is 1. The predicted octanol–water partition coefficient (Wildman–Crippen LogP) is 2.60. The highest BCUT2D eigenvalue weighted by Gasteiger charge is 2.20. The van der Waals surface area contributed by atoms with Gasteiger partial charge in [-0.25, -0.2) is 0 Å². The lowest BCUT2D eigenvalue weighted by atomic mass is 9.94. The van der Waals surface area contributed by atoms with Crippen molar-refractivity contribution in [3.8, 4) is 5.75 Å². The Morgan fingerprint density at radius 2 is 2.14 bits per heavy atom. The minimum absolute atomic E-state index is 0.00804. The summed E-state index contributed by atoms with van der Waals surface area (Å²) >= 11 is 0. The number of ether oxygens (including phenoxy) is 1. The molecule has 2 rings (SSSR count). The first-order valence-electron chi connectivity index (χ1n) is 7.82. The number of nitro benzene ring substituents is 1. The van der Waals surface area contributed by atoms with Crippen molar-refractivity contribution >= 4 is 5.69 Å². The van der Waals surface area contributed by atoms with E-state index in [0.717, 1.165) is 0 Å². The zero-order valence-corrected chi connectivity index (χ0v) is 13.0. The monoisotopic (exact) mass is 308 g/mol. The first-order valence-corrected chi connectivity index (χ1v) is 7.82. The molecule has 0 saturated heterocycles. The van der Waals surface area contributed by atoms with Crippen molar-refractivity contribution in [2.45, 2.75) is 44.2 Å². The molecule has 1 aromatic carbocycles. The van der Waals surface area contributed by atoms with Crippen molar-refractivity contribution < 1.29 is 14.8 Å². The smallest absolute Gasteiger partial charge is 0.273 e. The Labute approximate surface area is 130 Å². The topological polar surface area (TPSA) is 75.8 Å². The third-order valence-electron chi connectivity index (χ3n) is 4.17. The van der Waals surface area contributed by atoms with Gasteiger partial charge in [-0.15, -0.1) is 0 Å². The molecule has 0 aromatic heterocycles. The van der Waals surface area contributed by atoms with Crippen LogP contribution in [-0.2, 0) is 0 Å². The molecular formula is C16H24N2O4. The van der Waals surface area contributed by atoms with Gasteiger partial charge in [0.15, 0.2) is 0 Å². The second-order valence-electron chi connectivity index (χ2n) is 5.95.